The number of thiazole rings is 1. The third kappa shape index (κ3) is 3.93. The average molecular weight is 423 g/mol. The van der Waals surface area contributed by atoms with Crippen LogP contribution >= 0.6 is 11.3 Å². The Balaban J connectivity index is 1.61. The van der Waals surface area contributed by atoms with Gasteiger partial charge in [0.15, 0.2) is 6.10 Å². The van der Waals surface area contributed by atoms with Crippen LogP contribution in [0.25, 0.3) is 11.3 Å². The van der Waals surface area contributed by atoms with Crippen LogP contribution in [0, 0.1) is 6.92 Å². The van der Waals surface area contributed by atoms with Gasteiger partial charge >= 0.3 is 5.97 Å². The second-order valence-electron chi connectivity index (χ2n) is 7.17. The quantitative estimate of drug-likeness (QED) is 0.572. The number of esters is 1. The van der Waals surface area contributed by atoms with Gasteiger partial charge in [-0.3, -0.25) is 9.69 Å². The summed E-state index contributed by atoms with van der Waals surface area (Å²) >= 11 is 1.56. The lowest BCUT2D eigenvalue weighted by molar-refractivity contribution is -0.147. The topological polar surface area (TPSA) is 68.7 Å². The predicted molar refractivity (Wildman–Crippen MR) is 116 cm³/mol. The van der Waals surface area contributed by atoms with Crippen molar-refractivity contribution in [1.29, 1.82) is 0 Å². The van der Waals surface area contributed by atoms with E-state index in [1.807, 2.05) is 60.8 Å². The number of carbonyl (C=O) groups is 2. The Morgan fingerprint density at radius 1 is 1.27 bits per heavy atom. The van der Waals surface area contributed by atoms with E-state index < -0.39 is 18.1 Å². The number of amides is 1. The highest BCUT2D eigenvalue weighted by molar-refractivity contribution is 7.09. The fourth-order valence-corrected chi connectivity index (χ4v) is 3.99. The lowest BCUT2D eigenvalue weighted by Gasteiger charge is -2.36. The molecule has 7 heteroatoms. The molecular weight excluding hydrogens is 400 g/mol. The first kappa shape index (κ1) is 20.1. The monoisotopic (exact) mass is 422 g/mol. The predicted octanol–water partition coefficient (Wildman–Crippen LogP) is 4.36. The van der Waals surface area contributed by atoms with Gasteiger partial charge in [-0.2, -0.15) is 0 Å². The molecule has 1 amide bonds. The van der Waals surface area contributed by atoms with Gasteiger partial charge in [0.1, 0.15) is 18.4 Å². The Morgan fingerprint density at radius 2 is 2.03 bits per heavy atom. The SMILES string of the molecule is Cc1nc(-c2ccc3c(c2)N(C(C)C(=O)OCc2ccccc2)C(=O)C(C)O3)cs1. The molecule has 2 aromatic carbocycles. The maximum atomic E-state index is 12.9. The number of nitrogens with zero attached hydrogens (tertiary/aromatic N) is 2. The molecular formula is C23H22N2O4S. The van der Waals surface area contributed by atoms with E-state index in [4.69, 9.17) is 9.47 Å². The highest BCUT2D eigenvalue weighted by Crippen LogP contribution is 2.39. The molecule has 0 saturated heterocycles. The van der Waals surface area contributed by atoms with E-state index in [1.165, 1.54) is 4.90 Å². The summed E-state index contributed by atoms with van der Waals surface area (Å²) in [6.45, 7) is 5.45. The Kier molecular flexibility index (Phi) is 5.55. The first-order valence-corrected chi connectivity index (χ1v) is 10.6. The van der Waals surface area contributed by atoms with Gasteiger partial charge in [-0.25, -0.2) is 9.78 Å². The molecule has 1 aliphatic heterocycles. The zero-order valence-corrected chi connectivity index (χ0v) is 17.8. The first-order valence-electron chi connectivity index (χ1n) is 9.71. The molecule has 6 nitrogen and oxygen atoms in total. The van der Waals surface area contributed by atoms with Gasteiger partial charge in [0.2, 0.25) is 0 Å². The van der Waals surface area contributed by atoms with Crippen LogP contribution in [0.15, 0.2) is 53.9 Å². The zero-order chi connectivity index (χ0) is 21.3. The van der Waals surface area contributed by atoms with Crippen molar-refractivity contribution in [2.45, 2.75) is 39.5 Å². The lowest BCUT2D eigenvalue weighted by atomic mass is 10.1. The maximum Gasteiger partial charge on any atom is 0.329 e. The van der Waals surface area contributed by atoms with Crippen molar-refractivity contribution in [2.24, 2.45) is 0 Å². The highest BCUT2D eigenvalue weighted by atomic mass is 32.1. The van der Waals surface area contributed by atoms with E-state index in [2.05, 4.69) is 4.98 Å². The van der Waals surface area contributed by atoms with Crippen molar-refractivity contribution in [2.75, 3.05) is 4.90 Å². The van der Waals surface area contributed by atoms with Gasteiger partial charge < -0.3 is 9.47 Å². The summed E-state index contributed by atoms with van der Waals surface area (Å²) in [5.74, 6) is -0.194. The molecule has 0 saturated carbocycles. The molecule has 0 N–H and O–H groups in total. The van der Waals surface area contributed by atoms with E-state index in [-0.39, 0.29) is 12.5 Å². The van der Waals surface area contributed by atoms with Crippen molar-refractivity contribution in [1.82, 2.24) is 4.98 Å². The van der Waals surface area contributed by atoms with Gasteiger partial charge in [0, 0.05) is 10.9 Å². The summed E-state index contributed by atoms with van der Waals surface area (Å²) in [4.78, 5) is 31.7. The van der Waals surface area contributed by atoms with Crippen molar-refractivity contribution in [3.05, 3.63) is 64.5 Å². The summed E-state index contributed by atoms with van der Waals surface area (Å²) in [5, 5.41) is 2.92. The fourth-order valence-electron chi connectivity index (χ4n) is 3.37. The Labute approximate surface area is 179 Å². The van der Waals surface area contributed by atoms with Crippen LogP contribution in [0.3, 0.4) is 0 Å². The smallest absolute Gasteiger partial charge is 0.329 e. The molecule has 0 radical (unpaired) electrons. The Morgan fingerprint density at radius 3 is 2.73 bits per heavy atom. The summed E-state index contributed by atoms with van der Waals surface area (Å²) in [5.41, 5.74) is 3.12. The van der Waals surface area contributed by atoms with Crippen LogP contribution in [0.1, 0.15) is 24.4 Å². The van der Waals surface area contributed by atoms with E-state index in [9.17, 15) is 9.59 Å². The van der Waals surface area contributed by atoms with Crippen LogP contribution in [0.5, 0.6) is 5.75 Å². The molecule has 0 aliphatic carbocycles. The molecule has 1 aromatic heterocycles. The highest BCUT2D eigenvalue weighted by Gasteiger charge is 2.38. The summed E-state index contributed by atoms with van der Waals surface area (Å²) in [6, 6.07) is 14.2. The molecule has 30 heavy (non-hydrogen) atoms. The molecule has 1 aliphatic rings. The van der Waals surface area contributed by atoms with Crippen LogP contribution in [0.2, 0.25) is 0 Å². The molecule has 2 atom stereocenters. The number of rotatable bonds is 5. The number of aromatic nitrogens is 1. The van der Waals surface area contributed by atoms with Crippen LogP contribution < -0.4 is 9.64 Å². The number of anilines is 1. The molecule has 0 fully saturated rings. The third-order valence-corrected chi connectivity index (χ3v) is 5.75. The minimum atomic E-state index is -0.793. The van der Waals surface area contributed by atoms with E-state index >= 15 is 0 Å². The summed E-state index contributed by atoms with van der Waals surface area (Å²) < 4.78 is 11.2. The largest absolute Gasteiger partial charge is 0.479 e. The first-order chi connectivity index (χ1) is 14.4. The lowest BCUT2D eigenvalue weighted by Crippen LogP contribution is -2.51. The average Bonchev–Trinajstić information content (AvgIpc) is 3.19. The van der Waals surface area contributed by atoms with Crippen LogP contribution in [0.4, 0.5) is 5.69 Å². The zero-order valence-electron chi connectivity index (χ0n) is 17.0. The normalized spacial score (nSPS) is 16.6. The second kappa shape index (κ2) is 8.28. The van der Waals surface area contributed by atoms with Gasteiger partial charge in [-0.1, -0.05) is 30.3 Å². The number of hydrogen-bond acceptors (Lipinski definition) is 6. The number of benzene rings is 2. The number of aryl methyl sites for hydroxylation is 1. The molecule has 2 heterocycles. The number of carbonyl (C=O) groups excluding carboxylic acids is 2. The molecule has 3 aromatic rings. The van der Waals surface area contributed by atoms with Gasteiger partial charge in [-0.15, -0.1) is 11.3 Å². The van der Waals surface area contributed by atoms with Crippen molar-refractivity contribution >= 4 is 28.9 Å². The van der Waals surface area contributed by atoms with Crippen molar-refractivity contribution in [3.8, 4) is 17.0 Å². The summed E-state index contributed by atoms with van der Waals surface area (Å²) in [7, 11) is 0. The Bertz CT molecular complexity index is 1080. The van der Waals surface area contributed by atoms with Crippen LogP contribution in [-0.4, -0.2) is 29.0 Å². The number of ether oxygens (including phenoxy) is 2. The number of fused-ring (bicyclic) bond motifs is 1. The minimum absolute atomic E-state index is 0.156. The van der Waals surface area contributed by atoms with Gasteiger partial charge in [0.25, 0.3) is 5.91 Å². The summed E-state index contributed by atoms with van der Waals surface area (Å²) in [6.07, 6.45) is -0.686. The molecule has 0 spiro atoms. The molecule has 4 rings (SSSR count). The van der Waals surface area contributed by atoms with E-state index in [0.29, 0.717) is 11.4 Å². The maximum absolute atomic E-state index is 12.9. The fraction of sp³-hybridized carbons (Fsp3) is 0.261. The Hall–Kier alpha value is -3.19. The van der Waals surface area contributed by atoms with E-state index in [1.54, 1.807) is 25.2 Å². The molecule has 154 valence electrons. The van der Waals surface area contributed by atoms with Gasteiger partial charge in [0.05, 0.1) is 16.4 Å². The van der Waals surface area contributed by atoms with E-state index in [0.717, 1.165) is 21.8 Å². The van der Waals surface area contributed by atoms with Crippen molar-refractivity contribution in [3.63, 3.8) is 0 Å². The van der Waals surface area contributed by atoms with Crippen LogP contribution in [-0.2, 0) is 20.9 Å². The number of hydrogen-bond donors (Lipinski definition) is 0. The van der Waals surface area contributed by atoms with Gasteiger partial charge in [-0.05, 0) is 44.5 Å². The second-order valence-corrected chi connectivity index (χ2v) is 8.23. The molecule has 0 bridgehead atoms. The van der Waals surface area contributed by atoms with Crippen molar-refractivity contribution < 1.29 is 19.1 Å². The third-order valence-electron chi connectivity index (χ3n) is 4.97. The minimum Gasteiger partial charge on any atom is -0.479 e. The molecule has 2 unspecified atom stereocenters. The standard InChI is InChI=1S/C23H22N2O4S/c1-14(23(27)28-12-17-7-5-4-6-8-17)25-20-11-18(19-13-30-16(3)24-19)9-10-21(20)29-15(2)22(25)26/h4-11,13-15H,12H2,1-3H3.